The summed E-state index contributed by atoms with van der Waals surface area (Å²) >= 11 is 0. The van der Waals surface area contributed by atoms with Crippen molar-refractivity contribution in [1.82, 2.24) is 4.90 Å². The van der Waals surface area contributed by atoms with Gasteiger partial charge in [0, 0.05) is 12.6 Å². The summed E-state index contributed by atoms with van der Waals surface area (Å²) in [5.41, 5.74) is 2.28. The van der Waals surface area contributed by atoms with Gasteiger partial charge < -0.3 is 5.11 Å². The maximum Gasteiger partial charge on any atom is 0.0942 e. The largest absolute Gasteiger partial charge is 0.387 e. The average Bonchev–Trinajstić information content (AvgIpc) is 2.86. The summed E-state index contributed by atoms with van der Waals surface area (Å²) in [6.07, 6.45) is 2.16. The summed E-state index contributed by atoms with van der Waals surface area (Å²) in [5, 5.41) is 10.5. The van der Waals surface area contributed by atoms with Crippen LogP contribution in [0.25, 0.3) is 0 Å². The lowest BCUT2D eigenvalue weighted by Gasteiger charge is -2.29. The van der Waals surface area contributed by atoms with Crippen LogP contribution in [-0.4, -0.2) is 29.1 Å². The van der Waals surface area contributed by atoms with E-state index in [1.807, 2.05) is 12.1 Å². The van der Waals surface area contributed by atoms with Crippen molar-refractivity contribution in [2.75, 3.05) is 13.1 Å². The van der Waals surface area contributed by atoms with Gasteiger partial charge in [0.25, 0.3) is 0 Å². The second kappa shape index (κ2) is 5.85. The smallest absolute Gasteiger partial charge is 0.0942 e. The molecule has 2 nitrogen and oxygen atoms in total. The van der Waals surface area contributed by atoms with Crippen molar-refractivity contribution in [3.8, 4) is 0 Å². The van der Waals surface area contributed by atoms with Crippen LogP contribution in [0.15, 0.2) is 24.3 Å². The molecule has 0 aliphatic carbocycles. The van der Waals surface area contributed by atoms with Crippen molar-refractivity contribution < 1.29 is 5.11 Å². The Labute approximate surface area is 111 Å². The maximum atomic E-state index is 10.5. The molecule has 0 saturated carbocycles. The van der Waals surface area contributed by atoms with Gasteiger partial charge in [0.05, 0.1) is 6.10 Å². The molecule has 0 bridgehead atoms. The predicted molar refractivity (Wildman–Crippen MR) is 75.6 cm³/mol. The van der Waals surface area contributed by atoms with Crippen LogP contribution in [0, 0.1) is 12.8 Å². The van der Waals surface area contributed by atoms with Gasteiger partial charge in [0.1, 0.15) is 0 Å². The zero-order valence-electron chi connectivity index (χ0n) is 11.8. The molecule has 0 aromatic heterocycles. The Balaban J connectivity index is 2.00. The fourth-order valence-corrected chi connectivity index (χ4v) is 2.81. The third kappa shape index (κ3) is 2.93. The van der Waals surface area contributed by atoms with Gasteiger partial charge in [-0.25, -0.2) is 0 Å². The lowest BCUT2D eigenvalue weighted by atomic mass is 10.0. The van der Waals surface area contributed by atoms with E-state index in [4.69, 9.17) is 0 Å². The minimum absolute atomic E-state index is 0.212. The van der Waals surface area contributed by atoms with Gasteiger partial charge in [0.15, 0.2) is 0 Å². The van der Waals surface area contributed by atoms with Crippen LogP contribution in [-0.2, 0) is 0 Å². The van der Waals surface area contributed by atoms with E-state index in [0.29, 0.717) is 0 Å². The molecule has 0 spiro atoms. The molecule has 1 N–H and O–H groups in total. The van der Waals surface area contributed by atoms with E-state index in [2.05, 4.69) is 37.8 Å². The molecule has 100 valence electrons. The second-order valence-corrected chi connectivity index (χ2v) is 5.65. The van der Waals surface area contributed by atoms with Crippen LogP contribution < -0.4 is 0 Å². The first-order chi connectivity index (χ1) is 8.61. The Morgan fingerprint density at radius 1 is 1.33 bits per heavy atom. The van der Waals surface area contributed by atoms with Gasteiger partial charge in [-0.2, -0.15) is 0 Å². The molecule has 1 aromatic carbocycles. The van der Waals surface area contributed by atoms with Gasteiger partial charge >= 0.3 is 0 Å². The fraction of sp³-hybridized carbons (Fsp3) is 0.625. The number of benzene rings is 1. The first-order valence-corrected chi connectivity index (χ1v) is 7.10. The van der Waals surface area contributed by atoms with Crippen molar-refractivity contribution in [3.63, 3.8) is 0 Å². The van der Waals surface area contributed by atoms with E-state index >= 15 is 0 Å². The number of nitrogens with zero attached hydrogens (tertiary/aromatic N) is 1. The topological polar surface area (TPSA) is 23.5 Å². The van der Waals surface area contributed by atoms with Crippen LogP contribution in [0.4, 0.5) is 0 Å². The number of aliphatic hydroxyl groups is 1. The minimum atomic E-state index is -0.374. The third-order valence-corrected chi connectivity index (χ3v) is 4.35. The van der Waals surface area contributed by atoms with Crippen LogP contribution in [0.1, 0.15) is 43.9 Å². The summed E-state index contributed by atoms with van der Waals surface area (Å²) in [6.45, 7) is 8.74. The molecule has 2 heteroatoms. The van der Waals surface area contributed by atoms with Crippen LogP contribution in [0.2, 0.25) is 0 Å². The van der Waals surface area contributed by atoms with E-state index in [1.54, 1.807) is 0 Å². The number of hydrogen-bond acceptors (Lipinski definition) is 2. The van der Waals surface area contributed by atoms with Crippen molar-refractivity contribution in [1.29, 1.82) is 0 Å². The molecular formula is C16H25NO. The quantitative estimate of drug-likeness (QED) is 0.883. The monoisotopic (exact) mass is 247 g/mol. The summed E-state index contributed by atoms with van der Waals surface area (Å²) in [6, 6.07) is 8.45. The highest BCUT2D eigenvalue weighted by Gasteiger charge is 2.29. The normalized spacial score (nSPS) is 24.1. The summed E-state index contributed by atoms with van der Waals surface area (Å²) < 4.78 is 0. The van der Waals surface area contributed by atoms with E-state index in [9.17, 15) is 5.11 Å². The molecular weight excluding hydrogens is 222 g/mol. The predicted octanol–water partition coefficient (Wildman–Crippen LogP) is 3.15. The Kier molecular flexibility index (Phi) is 4.41. The molecule has 1 fully saturated rings. The van der Waals surface area contributed by atoms with Gasteiger partial charge in [-0.1, -0.05) is 43.2 Å². The molecule has 2 rings (SSSR count). The van der Waals surface area contributed by atoms with Crippen LogP contribution in [0.5, 0.6) is 0 Å². The van der Waals surface area contributed by atoms with E-state index in [0.717, 1.165) is 24.6 Å². The van der Waals surface area contributed by atoms with Gasteiger partial charge in [-0.05, 0) is 38.3 Å². The first-order valence-electron chi connectivity index (χ1n) is 7.10. The lowest BCUT2D eigenvalue weighted by molar-refractivity contribution is 0.0693. The number of likely N-dealkylation sites (tertiary alicyclic amines) is 1. The number of aliphatic hydroxyl groups excluding tert-OH is 1. The molecule has 0 radical (unpaired) electrons. The van der Waals surface area contributed by atoms with E-state index in [-0.39, 0.29) is 12.1 Å². The van der Waals surface area contributed by atoms with Crippen molar-refractivity contribution in [2.24, 2.45) is 5.92 Å². The van der Waals surface area contributed by atoms with Crippen molar-refractivity contribution in [3.05, 3.63) is 35.4 Å². The van der Waals surface area contributed by atoms with Gasteiger partial charge in [0.2, 0.25) is 0 Å². The molecule has 18 heavy (non-hydrogen) atoms. The molecule has 1 aliphatic heterocycles. The molecule has 1 heterocycles. The highest BCUT2D eigenvalue weighted by atomic mass is 16.3. The van der Waals surface area contributed by atoms with Crippen molar-refractivity contribution in [2.45, 2.75) is 45.8 Å². The van der Waals surface area contributed by atoms with E-state index < -0.39 is 0 Å². The lowest BCUT2D eigenvalue weighted by Crippen LogP contribution is -2.35. The molecule has 3 unspecified atom stereocenters. The van der Waals surface area contributed by atoms with E-state index in [1.165, 1.54) is 18.4 Å². The highest BCUT2D eigenvalue weighted by molar-refractivity contribution is 5.24. The number of aryl methyl sites for hydroxylation is 1. The summed E-state index contributed by atoms with van der Waals surface area (Å²) in [7, 11) is 0. The Morgan fingerprint density at radius 3 is 2.56 bits per heavy atom. The second-order valence-electron chi connectivity index (χ2n) is 5.65. The zero-order chi connectivity index (χ0) is 13.1. The average molecular weight is 247 g/mol. The molecule has 1 aliphatic rings. The summed E-state index contributed by atoms with van der Waals surface area (Å²) in [5.74, 6) is 0.817. The van der Waals surface area contributed by atoms with Gasteiger partial charge in [-0.3, -0.25) is 4.90 Å². The van der Waals surface area contributed by atoms with Crippen LogP contribution in [0.3, 0.4) is 0 Å². The number of rotatable bonds is 4. The number of hydrogen-bond donors (Lipinski definition) is 1. The third-order valence-electron chi connectivity index (χ3n) is 4.35. The Morgan fingerprint density at radius 2 is 2.00 bits per heavy atom. The minimum Gasteiger partial charge on any atom is -0.387 e. The molecule has 3 atom stereocenters. The Hall–Kier alpha value is -0.860. The van der Waals surface area contributed by atoms with Crippen LogP contribution >= 0.6 is 0 Å². The Bertz CT molecular complexity index is 373. The zero-order valence-corrected chi connectivity index (χ0v) is 11.8. The fourth-order valence-electron chi connectivity index (χ4n) is 2.81. The molecule has 1 saturated heterocycles. The van der Waals surface area contributed by atoms with Crippen molar-refractivity contribution >= 4 is 0 Å². The van der Waals surface area contributed by atoms with Gasteiger partial charge in [-0.15, -0.1) is 0 Å². The standard InChI is InChI=1S/C16H25NO/c1-4-14-9-10-17(11-14)13(3)16(18)15-7-5-12(2)6-8-15/h5-8,13-14,16,18H,4,9-11H2,1-3H3. The SMILES string of the molecule is CCC1CCN(C(C)C(O)c2ccc(C)cc2)C1. The molecule has 1 aromatic rings. The maximum absolute atomic E-state index is 10.5. The summed E-state index contributed by atoms with van der Waals surface area (Å²) in [4.78, 5) is 2.43. The molecule has 0 amide bonds. The first kappa shape index (κ1) is 13.6. The highest BCUT2D eigenvalue weighted by Crippen LogP contribution is 2.27.